The zero-order chi connectivity index (χ0) is 28.3. The fourth-order valence-electron chi connectivity index (χ4n) is 7.85. The monoisotopic (exact) mass is 563 g/mol. The summed E-state index contributed by atoms with van der Waals surface area (Å²) in [5.41, 5.74) is 1.86. The third kappa shape index (κ3) is 6.45. The third-order valence-corrected chi connectivity index (χ3v) is 10.2. The number of nitrogens with zero attached hydrogens (tertiary/aromatic N) is 3. The Morgan fingerprint density at radius 3 is 2.41 bits per heavy atom. The number of carbonyl (C=O) groups is 4. The summed E-state index contributed by atoms with van der Waals surface area (Å²) in [5, 5.41) is 6.84. The molecular formula is C32H45N5O4. The average molecular weight is 564 g/mol. The van der Waals surface area contributed by atoms with E-state index in [-0.39, 0.29) is 54.3 Å². The molecule has 4 amide bonds. The molecular weight excluding hydrogens is 518 g/mol. The lowest BCUT2D eigenvalue weighted by Crippen LogP contribution is -2.50. The van der Waals surface area contributed by atoms with Gasteiger partial charge >= 0.3 is 0 Å². The van der Waals surface area contributed by atoms with Crippen LogP contribution >= 0.6 is 0 Å². The van der Waals surface area contributed by atoms with E-state index in [1.54, 1.807) is 4.90 Å². The van der Waals surface area contributed by atoms with Gasteiger partial charge in [-0.1, -0.05) is 37.1 Å². The second kappa shape index (κ2) is 12.5. The Balaban J connectivity index is 1.25. The Morgan fingerprint density at radius 2 is 1.63 bits per heavy atom. The minimum atomic E-state index is -0.512. The van der Waals surface area contributed by atoms with Crippen LogP contribution in [-0.2, 0) is 32.1 Å². The van der Waals surface area contributed by atoms with Crippen LogP contribution in [0.5, 0.6) is 0 Å². The highest BCUT2D eigenvalue weighted by Crippen LogP contribution is 2.33. The van der Waals surface area contributed by atoms with Gasteiger partial charge in [0.15, 0.2) is 0 Å². The number of hydrogen-bond donors (Lipinski definition) is 2. The zero-order valence-corrected chi connectivity index (χ0v) is 24.2. The summed E-state index contributed by atoms with van der Waals surface area (Å²) in [7, 11) is 0. The first-order chi connectivity index (χ1) is 19.9. The number of amides is 4. The lowest BCUT2D eigenvalue weighted by Gasteiger charge is -2.40. The predicted molar refractivity (Wildman–Crippen MR) is 155 cm³/mol. The van der Waals surface area contributed by atoms with Crippen LogP contribution in [0.25, 0.3) is 0 Å². The van der Waals surface area contributed by atoms with Gasteiger partial charge in [0, 0.05) is 64.2 Å². The molecule has 3 saturated heterocycles. The molecule has 222 valence electrons. The molecule has 4 atom stereocenters. The van der Waals surface area contributed by atoms with Crippen molar-refractivity contribution in [3.63, 3.8) is 0 Å². The molecule has 4 heterocycles. The number of rotatable bonds is 4. The standard InChI is InChI=1S/C32H45N5O4/c38-29(35-12-5-6-13-35)16-23-11-14-36-20-25(23)17-31(40)37-21-27(34-26-9-3-4-10-26)18-28(37)32(41)33-19-24-8-2-1-7-22(24)15-30(36)39/h1-2,7-8,23,25-28,34H,3-6,9-21H2,(H,33,41)/t23-,25-,27-,28-/m0/s1. The smallest absolute Gasteiger partial charge is 0.243 e. The van der Waals surface area contributed by atoms with Crippen molar-refractivity contribution in [3.8, 4) is 0 Å². The highest BCUT2D eigenvalue weighted by atomic mass is 16.2. The van der Waals surface area contributed by atoms with Gasteiger partial charge in [0.1, 0.15) is 6.04 Å². The molecule has 6 rings (SSSR count). The molecule has 1 saturated carbocycles. The van der Waals surface area contributed by atoms with E-state index in [9.17, 15) is 19.2 Å². The van der Waals surface area contributed by atoms with Crippen LogP contribution < -0.4 is 10.6 Å². The van der Waals surface area contributed by atoms with Gasteiger partial charge in [-0.25, -0.2) is 0 Å². The molecule has 1 aromatic carbocycles. The largest absolute Gasteiger partial charge is 0.350 e. The van der Waals surface area contributed by atoms with Crippen molar-refractivity contribution in [3.05, 3.63) is 35.4 Å². The lowest BCUT2D eigenvalue weighted by atomic mass is 9.80. The molecule has 41 heavy (non-hydrogen) atoms. The van der Waals surface area contributed by atoms with Gasteiger partial charge in [-0.2, -0.15) is 0 Å². The van der Waals surface area contributed by atoms with Gasteiger partial charge in [0.25, 0.3) is 0 Å². The van der Waals surface area contributed by atoms with E-state index in [2.05, 4.69) is 10.6 Å². The van der Waals surface area contributed by atoms with E-state index in [0.29, 0.717) is 45.1 Å². The summed E-state index contributed by atoms with van der Waals surface area (Å²) in [6, 6.07) is 7.85. The van der Waals surface area contributed by atoms with Gasteiger partial charge in [-0.05, 0) is 61.5 Å². The van der Waals surface area contributed by atoms with Crippen molar-refractivity contribution < 1.29 is 19.2 Å². The summed E-state index contributed by atoms with van der Waals surface area (Å²) in [5.74, 6) is 0.0124. The van der Waals surface area contributed by atoms with E-state index >= 15 is 0 Å². The topological polar surface area (TPSA) is 102 Å². The number of hydrogen-bond acceptors (Lipinski definition) is 5. The quantitative estimate of drug-likeness (QED) is 0.585. The first-order valence-corrected chi connectivity index (χ1v) is 15.9. The summed E-state index contributed by atoms with van der Waals surface area (Å²) in [4.78, 5) is 59.8. The molecule has 2 N–H and O–H groups in total. The first kappa shape index (κ1) is 28.2. The van der Waals surface area contributed by atoms with Crippen molar-refractivity contribution in [1.29, 1.82) is 0 Å². The molecule has 0 radical (unpaired) electrons. The molecule has 9 heteroatoms. The van der Waals surface area contributed by atoms with E-state index in [1.165, 1.54) is 12.8 Å². The second-order valence-corrected chi connectivity index (χ2v) is 13.0. The van der Waals surface area contributed by atoms with Crippen molar-refractivity contribution in [2.75, 3.05) is 32.7 Å². The molecule has 5 aliphatic rings. The van der Waals surface area contributed by atoms with Crippen LogP contribution in [-0.4, -0.2) is 89.2 Å². The summed E-state index contributed by atoms with van der Waals surface area (Å²) < 4.78 is 0. The maximum atomic E-state index is 14.0. The van der Waals surface area contributed by atoms with Crippen LogP contribution in [0.1, 0.15) is 75.3 Å². The Kier molecular flexibility index (Phi) is 8.60. The molecule has 4 aliphatic heterocycles. The van der Waals surface area contributed by atoms with Gasteiger partial charge in [0.2, 0.25) is 23.6 Å². The predicted octanol–water partition coefficient (Wildman–Crippen LogP) is 2.23. The number of nitrogens with one attached hydrogen (secondary N) is 2. The lowest BCUT2D eigenvalue weighted by molar-refractivity contribution is -0.142. The molecule has 1 aliphatic carbocycles. The molecule has 1 aromatic rings. The summed E-state index contributed by atoms with van der Waals surface area (Å²) >= 11 is 0. The maximum Gasteiger partial charge on any atom is 0.243 e. The molecule has 0 aromatic heterocycles. The Hall–Kier alpha value is -2.94. The first-order valence-electron chi connectivity index (χ1n) is 15.9. The van der Waals surface area contributed by atoms with Gasteiger partial charge in [0.05, 0.1) is 6.42 Å². The van der Waals surface area contributed by atoms with Gasteiger partial charge < -0.3 is 25.3 Å². The molecule has 9 nitrogen and oxygen atoms in total. The SMILES string of the molecule is O=C1NCc2ccccc2CC(=O)N2CC[C@@H](CC(=O)N3CCCC3)[C@@H](CC(=O)N3C[C@@H](NC4CCCC4)C[C@@H]13)C2. The van der Waals surface area contributed by atoms with Crippen molar-refractivity contribution in [2.24, 2.45) is 11.8 Å². The van der Waals surface area contributed by atoms with Gasteiger partial charge in [-0.3, -0.25) is 19.2 Å². The maximum absolute atomic E-state index is 14.0. The molecule has 2 bridgehead atoms. The fourth-order valence-corrected chi connectivity index (χ4v) is 7.85. The van der Waals surface area contributed by atoms with Crippen LogP contribution in [0, 0.1) is 11.8 Å². The zero-order valence-electron chi connectivity index (χ0n) is 24.2. The molecule has 0 spiro atoms. The van der Waals surface area contributed by atoms with Crippen LogP contribution in [0.15, 0.2) is 24.3 Å². The van der Waals surface area contributed by atoms with Crippen molar-refractivity contribution >= 4 is 23.6 Å². The van der Waals surface area contributed by atoms with Crippen molar-refractivity contribution in [2.45, 2.75) is 95.3 Å². The number of likely N-dealkylation sites (tertiary alicyclic amines) is 1. The van der Waals surface area contributed by atoms with E-state index in [4.69, 9.17) is 0 Å². The summed E-state index contributed by atoms with van der Waals surface area (Å²) in [6.45, 7) is 3.60. The van der Waals surface area contributed by atoms with Crippen LogP contribution in [0.4, 0.5) is 0 Å². The number of carbonyl (C=O) groups excluding carboxylic acids is 4. The van der Waals surface area contributed by atoms with E-state index in [0.717, 1.165) is 56.3 Å². The average Bonchev–Trinajstić information content (AvgIpc) is 3.76. The number of piperidine rings is 1. The van der Waals surface area contributed by atoms with Gasteiger partial charge in [-0.15, -0.1) is 0 Å². The summed E-state index contributed by atoms with van der Waals surface area (Å²) in [6.07, 6.45) is 9.16. The molecule has 0 unspecified atom stereocenters. The number of fused-ring (bicyclic) bond motifs is 4. The Labute approximate surface area is 243 Å². The second-order valence-electron chi connectivity index (χ2n) is 13.0. The van der Waals surface area contributed by atoms with Crippen molar-refractivity contribution in [1.82, 2.24) is 25.3 Å². The molecule has 4 fully saturated rings. The van der Waals surface area contributed by atoms with E-state index in [1.807, 2.05) is 34.1 Å². The third-order valence-electron chi connectivity index (χ3n) is 10.2. The minimum Gasteiger partial charge on any atom is -0.350 e. The highest BCUT2D eigenvalue weighted by Gasteiger charge is 2.43. The fraction of sp³-hybridized carbons (Fsp3) is 0.688. The highest BCUT2D eigenvalue weighted by molar-refractivity contribution is 5.89. The Bertz CT molecular complexity index is 1140. The van der Waals surface area contributed by atoms with E-state index < -0.39 is 6.04 Å². The van der Waals surface area contributed by atoms with Crippen LogP contribution in [0.3, 0.4) is 0 Å². The normalized spacial score (nSPS) is 29.8. The number of benzene rings is 1. The minimum absolute atomic E-state index is 0.0312. The van der Waals surface area contributed by atoms with Crippen LogP contribution in [0.2, 0.25) is 0 Å². The Morgan fingerprint density at radius 1 is 0.878 bits per heavy atom.